The van der Waals surface area contributed by atoms with Crippen LogP contribution in [-0.4, -0.2) is 11.5 Å². The normalized spacial score (nSPS) is 10.9. The molecule has 21 heavy (non-hydrogen) atoms. The van der Waals surface area contributed by atoms with Gasteiger partial charge in [0.2, 0.25) is 0 Å². The SMILES string of the molecule is CC(C)CNCc1c(Cl)cccc1Oc1cncc(Br)c1. The average molecular weight is 370 g/mol. The summed E-state index contributed by atoms with van der Waals surface area (Å²) in [6, 6.07) is 7.55. The summed E-state index contributed by atoms with van der Waals surface area (Å²) in [5.41, 5.74) is 0.958. The van der Waals surface area contributed by atoms with E-state index in [2.05, 4.69) is 40.1 Å². The molecule has 0 aliphatic heterocycles. The summed E-state index contributed by atoms with van der Waals surface area (Å²) < 4.78 is 6.79. The van der Waals surface area contributed by atoms with Gasteiger partial charge in [-0.1, -0.05) is 31.5 Å². The number of hydrogen-bond acceptors (Lipinski definition) is 3. The first-order valence-corrected chi connectivity index (χ1v) is 8.00. The first-order chi connectivity index (χ1) is 10.1. The molecule has 1 aromatic heterocycles. The second-order valence-corrected chi connectivity index (χ2v) is 6.51. The number of rotatable bonds is 6. The third-order valence-corrected chi connectivity index (χ3v) is 3.63. The first-order valence-electron chi connectivity index (χ1n) is 6.82. The van der Waals surface area contributed by atoms with Gasteiger partial charge < -0.3 is 10.1 Å². The highest BCUT2D eigenvalue weighted by molar-refractivity contribution is 9.10. The highest BCUT2D eigenvalue weighted by atomic mass is 79.9. The zero-order valence-electron chi connectivity index (χ0n) is 12.1. The highest BCUT2D eigenvalue weighted by Crippen LogP contribution is 2.31. The van der Waals surface area contributed by atoms with Crippen molar-refractivity contribution in [2.45, 2.75) is 20.4 Å². The monoisotopic (exact) mass is 368 g/mol. The third kappa shape index (κ3) is 4.99. The maximum Gasteiger partial charge on any atom is 0.146 e. The summed E-state index contributed by atoms with van der Waals surface area (Å²) in [5, 5.41) is 4.09. The molecule has 0 bridgehead atoms. The topological polar surface area (TPSA) is 34.1 Å². The van der Waals surface area contributed by atoms with E-state index in [0.717, 1.165) is 22.3 Å². The second-order valence-electron chi connectivity index (χ2n) is 5.18. The molecule has 3 nitrogen and oxygen atoms in total. The predicted octanol–water partition coefficient (Wildman–Crippen LogP) is 5.04. The molecule has 0 saturated carbocycles. The molecule has 0 spiro atoms. The summed E-state index contributed by atoms with van der Waals surface area (Å²) in [7, 11) is 0. The Bertz CT molecular complexity index is 605. The van der Waals surface area contributed by atoms with Crippen molar-refractivity contribution in [3.05, 3.63) is 51.7 Å². The lowest BCUT2D eigenvalue weighted by Crippen LogP contribution is -2.19. The molecule has 5 heteroatoms. The molecule has 0 amide bonds. The highest BCUT2D eigenvalue weighted by Gasteiger charge is 2.10. The zero-order chi connectivity index (χ0) is 15.2. The molecule has 0 radical (unpaired) electrons. The maximum absolute atomic E-state index is 6.30. The van der Waals surface area contributed by atoms with Crippen LogP contribution in [0.25, 0.3) is 0 Å². The van der Waals surface area contributed by atoms with Crippen LogP contribution in [0.3, 0.4) is 0 Å². The van der Waals surface area contributed by atoms with E-state index in [1.165, 1.54) is 0 Å². The third-order valence-electron chi connectivity index (χ3n) is 2.84. The molecule has 0 unspecified atom stereocenters. The summed E-state index contributed by atoms with van der Waals surface area (Å²) in [5.74, 6) is 2.02. The van der Waals surface area contributed by atoms with Crippen molar-refractivity contribution in [1.82, 2.24) is 10.3 Å². The van der Waals surface area contributed by atoms with E-state index in [4.69, 9.17) is 16.3 Å². The van der Waals surface area contributed by atoms with Crippen LogP contribution in [0.1, 0.15) is 19.4 Å². The minimum atomic E-state index is 0.589. The Labute approximate surface area is 138 Å². The van der Waals surface area contributed by atoms with E-state index in [9.17, 15) is 0 Å². The van der Waals surface area contributed by atoms with Crippen LogP contribution in [0.15, 0.2) is 41.1 Å². The lowest BCUT2D eigenvalue weighted by molar-refractivity contribution is 0.467. The Kier molecular flexibility index (Phi) is 6.03. The largest absolute Gasteiger partial charge is 0.455 e. The molecule has 1 N–H and O–H groups in total. The molecule has 1 heterocycles. The van der Waals surface area contributed by atoms with Gasteiger partial charge in [0.25, 0.3) is 0 Å². The Morgan fingerprint density at radius 3 is 2.86 bits per heavy atom. The molecule has 0 aliphatic carbocycles. The molecule has 2 aromatic rings. The molecular formula is C16H18BrClN2O. The number of nitrogens with zero attached hydrogens (tertiary/aromatic N) is 1. The van der Waals surface area contributed by atoms with Gasteiger partial charge in [-0.2, -0.15) is 0 Å². The van der Waals surface area contributed by atoms with E-state index < -0.39 is 0 Å². The van der Waals surface area contributed by atoms with Crippen molar-refractivity contribution in [1.29, 1.82) is 0 Å². The van der Waals surface area contributed by atoms with Crippen LogP contribution < -0.4 is 10.1 Å². The van der Waals surface area contributed by atoms with Crippen LogP contribution in [0, 0.1) is 5.92 Å². The van der Waals surface area contributed by atoms with Crippen LogP contribution in [0.5, 0.6) is 11.5 Å². The lowest BCUT2D eigenvalue weighted by atomic mass is 10.1. The second kappa shape index (κ2) is 7.78. The molecule has 1 aromatic carbocycles. The quantitative estimate of drug-likeness (QED) is 0.775. The molecule has 0 atom stereocenters. The van der Waals surface area contributed by atoms with Gasteiger partial charge in [0.05, 0.1) is 6.20 Å². The Morgan fingerprint density at radius 2 is 2.14 bits per heavy atom. The number of aromatic nitrogens is 1. The van der Waals surface area contributed by atoms with Gasteiger partial charge in [-0.25, -0.2) is 0 Å². The van der Waals surface area contributed by atoms with Crippen LogP contribution in [0.2, 0.25) is 5.02 Å². The van der Waals surface area contributed by atoms with E-state index in [-0.39, 0.29) is 0 Å². The van der Waals surface area contributed by atoms with Crippen molar-refractivity contribution in [2.75, 3.05) is 6.54 Å². The Hall–Kier alpha value is -1.10. The summed E-state index contributed by atoms with van der Waals surface area (Å²) >= 11 is 9.68. The van der Waals surface area contributed by atoms with E-state index in [1.54, 1.807) is 12.4 Å². The number of benzene rings is 1. The van der Waals surface area contributed by atoms with Crippen LogP contribution in [-0.2, 0) is 6.54 Å². The number of ether oxygens (including phenoxy) is 1. The van der Waals surface area contributed by atoms with Crippen LogP contribution in [0.4, 0.5) is 0 Å². The predicted molar refractivity (Wildman–Crippen MR) is 90.0 cm³/mol. The summed E-state index contributed by atoms with van der Waals surface area (Å²) in [4.78, 5) is 4.10. The Balaban J connectivity index is 2.16. The summed E-state index contributed by atoms with van der Waals surface area (Å²) in [6.45, 7) is 5.95. The number of hydrogen-bond donors (Lipinski definition) is 1. The van der Waals surface area contributed by atoms with E-state index >= 15 is 0 Å². The van der Waals surface area contributed by atoms with Gasteiger partial charge in [0, 0.05) is 27.8 Å². The minimum Gasteiger partial charge on any atom is -0.455 e. The van der Waals surface area contributed by atoms with Crippen molar-refractivity contribution < 1.29 is 4.74 Å². The minimum absolute atomic E-state index is 0.589. The Morgan fingerprint density at radius 1 is 1.33 bits per heavy atom. The van der Waals surface area contributed by atoms with Gasteiger partial charge >= 0.3 is 0 Å². The van der Waals surface area contributed by atoms with Gasteiger partial charge in [0.15, 0.2) is 0 Å². The fourth-order valence-electron chi connectivity index (χ4n) is 1.87. The molecule has 0 fully saturated rings. The van der Waals surface area contributed by atoms with Gasteiger partial charge in [-0.15, -0.1) is 0 Å². The number of halogens is 2. The summed E-state index contributed by atoms with van der Waals surface area (Å²) in [6.07, 6.45) is 3.40. The van der Waals surface area contributed by atoms with Gasteiger partial charge in [-0.05, 0) is 46.6 Å². The van der Waals surface area contributed by atoms with E-state index in [0.29, 0.717) is 23.2 Å². The smallest absolute Gasteiger partial charge is 0.146 e. The van der Waals surface area contributed by atoms with E-state index in [1.807, 2.05) is 24.3 Å². The fraction of sp³-hybridized carbons (Fsp3) is 0.312. The lowest BCUT2D eigenvalue weighted by Gasteiger charge is -2.14. The van der Waals surface area contributed by atoms with Crippen molar-refractivity contribution in [2.24, 2.45) is 5.92 Å². The molecule has 112 valence electrons. The van der Waals surface area contributed by atoms with Gasteiger partial charge in [0.1, 0.15) is 11.5 Å². The van der Waals surface area contributed by atoms with Crippen molar-refractivity contribution >= 4 is 27.5 Å². The van der Waals surface area contributed by atoms with Crippen molar-refractivity contribution in [3.8, 4) is 11.5 Å². The standard InChI is InChI=1S/C16H18BrClN2O/c1-11(2)7-19-10-14-15(18)4-3-5-16(14)21-13-6-12(17)8-20-9-13/h3-6,8-9,11,19H,7,10H2,1-2H3. The average Bonchev–Trinajstić information content (AvgIpc) is 2.41. The van der Waals surface area contributed by atoms with Crippen LogP contribution >= 0.6 is 27.5 Å². The molecular weight excluding hydrogens is 352 g/mol. The first kappa shape index (κ1) is 16.3. The number of nitrogens with one attached hydrogen (secondary N) is 1. The number of pyridine rings is 1. The zero-order valence-corrected chi connectivity index (χ0v) is 14.4. The maximum atomic E-state index is 6.30. The van der Waals surface area contributed by atoms with Crippen molar-refractivity contribution in [3.63, 3.8) is 0 Å². The molecule has 0 aliphatic rings. The molecule has 2 rings (SSSR count). The molecule has 0 saturated heterocycles. The fourth-order valence-corrected chi connectivity index (χ4v) is 2.44. The van der Waals surface area contributed by atoms with Gasteiger partial charge in [-0.3, -0.25) is 4.98 Å².